The fourth-order valence-corrected chi connectivity index (χ4v) is 3.36. The molecule has 134 valence electrons. The van der Waals surface area contributed by atoms with Gasteiger partial charge in [-0.25, -0.2) is 0 Å². The summed E-state index contributed by atoms with van der Waals surface area (Å²) in [6.45, 7) is 0. The summed E-state index contributed by atoms with van der Waals surface area (Å²) in [5.74, 6) is -0.689. The van der Waals surface area contributed by atoms with E-state index < -0.39 is 0 Å². The van der Waals surface area contributed by atoms with Crippen LogP contribution in [0, 0.1) is 7.14 Å². The summed E-state index contributed by atoms with van der Waals surface area (Å²) in [6.07, 6.45) is 0. The van der Waals surface area contributed by atoms with Gasteiger partial charge in [0.2, 0.25) is 0 Å². The first-order chi connectivity index (χ1) is 12.4. The molecule has 0 saturated carbocycles. The van der Waals surface area contributed by atoms with Crippen molar-refractivity contribution < 1.29 is 9.59 Å². The highest BCUT2D eigenvalue weighted by molar-refractivity contribution is 14.1. The molecule has 4 N–H and O–H groups in total. The molecule has 26 heavy (non-hydrogen) atoms. The van der Waals surface area contributed by atoms with E-state index in [1.807, 2.05) is 24.3 Å². The van der Waals surface area contributed by atoms with Gasteiger partial charge in [-0.2, -0.15) is 0 Å². The maximum Gasteiger partial charge on any atom is 0.258 e. The fourth-order valence-electron chi connectivity index (χ4n) is 1.81. The van der Waals surface area contributed by atoms with Crippen LogP contribution >= 0.6 is 69.6 Å². The van der Waals surface area contributed by atoms with Gasteiger partial charge in [-0.3, -0.25) is 31.1 Å². The first-order valence-corrected chi connectivity index (χ1v) is 10.1. The van der Waals surface area contributed by atoms with Crippen LogP contribution in [0.4, 0.5) is 0 Å². The second kappa shape index (κ2) is 10.1. The van der Waals surface area contributed by atoms with Crippen LogP contribution in [-0.2, 0) is 0 Å². The van der Waals surface area contributed by atoms with Crippen LogP contribution in [0.15, 0.2) is 48.5 Å². The van der Waals surface area contributed by atoms with Crippen molar-refractivity contribution in [3.63, 3.8) is 0 Å². The Hall–Kier alpha value is -1.38. The Morgan fingerprint density at radius 2 is 1.04 bits per heavy atom. The zero-order valence-electron chi connectivity index (χ0n) is 13.0. The molecule has 2 aromatic rings. The number of hydrogen-bond donors (Lipinski definition) is 4. The molecule has 2 amide bonds. The van der Waals surface area contributed by atoms with Gasteiger partial charge < -0.3 is 0 Å². The Labute approximate surface area is 188 Å². The Bertz CT molecular complexity index is 805. The number of nitrogens with one attached hydrogen (secondary N) is 4. The lowest BCUT2D eigenvalue weighted by Gasteiger charge is -2.13. The first kappa shape index (κ1) is 20.9. The molecular weight excluding hydrogens is 598 g/mol. The van der Waals surface area contributed by atoms with Gasteiger partial charge >= 0.3 is 0 Å². The van der Waals surface area contributed by atoms with Crippen molar-refractivity contribution in [1.82, 2.24) is 21.5 Å². The van der Waals surface area contributed by atoms with Crippen LogP contribution in [0.3, 0.4) is 0 Å². The number of hydrazine groups is 1. The Morgan fingerprint density at radius 1 is 0.692 bits per heavy atom. The molecule has 0 aliphatic carbocycles. The molecule has 2 rings (SSSR count). The third-order valence-electron chi connectivity index (χ3n) is 2.98. The number of carbonyl (C=O) groups excluding carboxylic acids is 2. The van der Waals surface area contributed by atoms with Crippen molar-refractivity contribution >= 4 is 91.7 Å². The quantitative estimate of drug-likeness (QED) is 0.238. The maximum absolute atomic E-state index is 12.1. The minimum Gasteiger partial charge on any atom is -0.298 e. The van der Waals surface area contributed by atoms with Crippen molar-refractivity contribution in [3.8, 4) is 0 Å². The Balaban J connectivity index is 1.83. The summed E-state index contributed by atoms with van der Waals surface area (Å²) in [5, 5.41) is 5.11. The van der Waals surface area contributed by atoms with E-state index in [9.17, 15) is 9.59 Å². The molecule has 2 aromatic carbocycles. The minimum absolute atomic E-state index is 0.0283. The van der Waals surface area contributed by atoms with Crippen LogP contribution in [-0.4, -0.2) is 22.0 Å². The van der Waals surface area contributed by atoms with Gasteiger partial charge in [0, 0.05) is 7.14 Å². The zero-order chi connectivity index (χ0) is 19.1. The molecule has 6 nitrogen and oxygen atoms in total. The van der Waals surface area contributed by atoms with E-state index in [0.29, 0.717) is 11.1 Å². The van der Waals surface area contributed by atoms with Gasteiger partial charge in [-0.1, -0.05) is 24.3 Å². The average Bonchev–Trinajstić information content (AvgIpc) is 2.60. The van der Waals surface area contributed by atoms with Gasteiger partial charge in [0.15, 0.2) is 10.2 Å². The van der Waals surface area contributed by atoms with E-state index in [0.717, 1.165) is 7.14 Å². The Kier molecular flexibility index (Phi) is 8.12. The summed E-state index contributed by atoms with van der Waals surface area (Å²) >= 11 is 14.2. The fraction of sp³-hybridized carbons (Fsp3) is 0. The SMILES string of the molecule is O=C(NC(=S)NNC(=S)NC(=O)c1ccccc1I)c1ccccc1I. The predicted molar refractivity (Wildman–Crippen MR) is 125 cm³/mol. The topological polar surface area (TPSA) is 82.3 Å². The lowest BCUT2D eigenvalue weighted by atomic mass is 10.2. The first-order valence-electron chi connectivity index (χ1n) is 7.10. The van der Waals surface area contributed by atoms with Crippen molar-refractivity contribution in [1.29, 1.82) is 0 Å². The molecule has 0 heterocycles. The minimum atomic E-state index is -0.344. The maximum atomic E-state index is 12.1. The molecule has 0 aromatic heterocycles. The van der Waals surface area contributed by atoms with Crippen molar-refractivity contribution in [2.24, 2.45) is 0 Å². The van der Waals surface area contributed by atoms with E-state index in [-0.39, 0.29) is 22.0 Å². The molecule has 10 heteroatoms. The monoisotopic (exact) mass is 610 g/mol. The number of rotatable bonds is 2. The van der Waals surface area contributed by atoms with Gasteiger partial charge in [0.1, 0.15) is 0 Å². The van der Waals surface area contributed by atoms with Crippen LogP contribution < -0.4 is 21.5 Å². The number of thiocarbonyl (C=S) groups is 2. The second-order valence-corrected chi connectivity index (χ2v) is 7.92. The number of halogens is 2. The molecule has 0 aliphatic heterocycles. The van der Waals surface area contributed by atoms with Gasteiger partial charge in [-0.05, 0) is 93.9 Å². The van der Waals surface area contributed by atoms with Crippen molar-refractivity contribution in [2.45, 2.75) is 0 Å². The van der Waals surface area contributed by atoms with Crippen LogP contribution in [0.2, 0.25) is 0 Å². The van der Waals surface area contributed by atoms with Crippen molar-refractivity contribution in [3.05, 3.63) is 66.8 Å². The highest BCUT2D eigenvalue weighted by Gasteiger charge is 2.12. The Morgan fingerprint density at radius 3 is 1.38 bits per heavy atom. The predicted octanol–water partition coefficient (Wildman–Crippen LogP) is 2.72. The number of hydrogen-bond acceptors (Lipinski definition) is 4. The number of carbonyl (C=O) groups is 2. The van der Waals surface area contributed by atoms with E-state index in [1.165, 1.54) is 0 Å². The molecular formula is C16H12I2N4O2S2. The van der Waals surface area contributed by atoms with Crippen LogP contribution in [0.5, 0.6) is 0 Å². The molecule has 0 fully saturated rings. The molecule has 0 bridgehead atoms. The van der Waals surface area contributed by atoms with E-state index in [4.69, 9.17) is 24.4 Å². The number of amides is 2. The molecule has 0 saturated heterocycles. The van der Waals surface area contributed by atoms with Crippen LogP contribution in [0.1, 0.15) is 20.7 Å². The lowest BCUT2D eigenvalue weighted by molar-refractivity contribution is 0.0965. The van der Waals surface area contributed by atoms with E-state index in [1.54, 1.807) is 24.3 Å². The lowest BCUT2D eigenvalue weighted by Crippen LogP contribution is -2.52. The van der Waals surface area contributed by atoms with E-state index >= 15 is 0 Å². The van der Waals surface area contributed by atoms with Gasteiger partial charge in [-0.15, -0.1) is 0 Å². The molecule has 0 aliphatic rings. The zero-order valence-corrected chi connectivity index (χ0v) is 19.0. The standard InChI is InChI=1S/C16H12I2N4O2S2/c17-11-7-3-1-5-9(11)13(23)19-15(25)21-22-16(26)20-14(24)10-6-2-4-8-12(10)18/h1-8H,(H2,19,21,23,25)(H2,20,22,24,26). The summed E-state index contributed by atoms with van der Waals surface area (Å²) in [7, 11) is 0. The molecule has 0 atom stereocenters. The van der Waals surface area contributed by atoms with Crippen molar-refractivity contribution in [2.75, 3.05) is 0 Å². The van der Waals surface area contributed by atoms with Crippen LogP contribution in [0.25, 0.3) is 0 Å². The summed E-state index contributed by atoms with van der Waals surface area (Å²) < 4.78 is 1.61. The highest BCUT2D eigenvalue weighted by Crippen LogP contribution is 2.11. The third kappa shape index (κ3) is 6.10. The summed E-state index contributed by atoms with van der Waals surface area (Å²) in [6, 6.07) is 14.2. The smallest absolute Gasteiger partial charge is 0.258 e. The highest BCUT2D eigenvalue weighted by atomic mass is 127. The molecule has 0 spiro atoms. The average molecular weight is 610 g/mol. The molecule has 0 unspecified atom stereocenters. The second-order valence-electron chi connectivity index (χ2n) is 4.78. The van der Waals surface area contributed by atoms with E-state index in [2.05, 4.69) is 66.7 Å². The summed E-state index contributed by atoms with van der Waals surface area (Å²) in [5.41, 5.74) is 6.14. The third-order valence-corrected chi connectivity index (χ3v) is 5.27. The van der Waals surface area contributed by atoms with Gasteiger partial charge in [0.25, 0.3) is 11.8 Å². The molecule has 0 radical (unpaired) electrons. The largest absolute Gasteiger partial charge is 0.298 e. The summed E-state index contributed by atoms with van der Waals surface area (Å²) in [4.78, 5) is 24.3. The van der Waals surface area contributed by atoms with Gasteiger partial charge in [0.05, 0.1) is 11.1 Å². The number of benzene rings is 2. The normalized spacial score (nSPS) is 9.77.